The summed E-state index contributed by atoms with van der Waals surface area (Å²) < 4.78 is 8.77. The molecule has 5 aromatic rings. The van der Waals surface area contributed by atoms with Crippen LogP contribution in [0.3, 0.4) is 0 Å². The first kappa shape index (κ1) is 26.5. The van der Waals surface area contributed by atoms with Crippen molar-refractivity contribution in [2.24, 2.45) is 0 Å². The van der Waals surface area contributed by atoms with Crippen LogP contribution < -0.4 is 10.2 Å². The fraction of sp³-hybridized carbons (Fsp3) is 0.167. The Labute approximate surface area is 241 Å². The molecule has 0 unspecified atom stereocenters. The molecule has 10 nitrogen and oxygen atoms in total. The highest BCUT2D eigenvalue weighted by Crippen LogP contribution is 2.29. The van der Waals surface area contributed by atoms with Gasteiger partial charge in [0.05, 0.1) is 18.0 Å². The first-order valence-electron chi connectivity index (χ1n) is 13.1. The van der Waals surface area contributed by atoms with Gasteiger partial charge < -0.3 is 15.0 Å². The molecule has 1 saturated heterocycles. The Morgan fingerprint density at radius 1 is 0.927 bits per heavy atom. The highest BCUT2D eigenvalue weighted by molar-refractivity contribution is 7.98. The lowest BCUT2D eigenvalue weighted by molar-refractivity contribution is -0.125. The number of aromatic nitrogens is 5. The molecule has 11 heteroatoms. The number of hydrogen-bond acceptors (Lipinski definition) is 7. The number of rotatable bonds is 9. The van der Waals surface area contributed by atoms with Crippen molar-refractivity contribution in [3.8, 4) is 16.9 Å². The van der Waals surface area contributed by atoms with E-state index in [-0.39, 0.29) is 25.0 Å². The first-order chi connectivity index (χ1) is 20.1. The number of imidazole rings is 1. The van der Waals surface area contributed by atoms with Gasteiger partial charge in [-0.05, 0) is 36.4 Å². The van der Waals surface area contributed by atoms with Crippen LogP contribution in [0, 0.1) is 0 Å². The Morgan fingerprint density at radius 2 is 1.68 bits per heavy atom. The highest BCUT2D eigenvalue weighted by Gasteiger charge is 2.20. The Hall–Kier alpha value is -4.74. The summed E-state index contributed by atoms with van der Waals surface area (Å²) in [6.07, 6.45) is 3.81. The molecule has 1 aliphatic heterocycles. The zero-order valence-electron chi connectivity index (χ0n) is 22.1. The summed E-state index contributed by atoms with van der Waals surface area (Å²) in [5, 5.41) is 12.1. The minimum atomic E-state index is -0.226. The van der Waals surface area contributed by atoms with Gasteiger partial charge in [0.1, 0.15) is 13.2 Å². The van der Waals surface area contributed by atoms with Crippen LogP contribution in [0.25, 0.3) is 16.9 Å². The summed E-state index contributed by atoms with van der Waals surface area (Å²) in [5.41, 5.74) is 5.11. The number of amides is 2. The number of carbonyl (C=O) groups excluding carboxylic acids is 2. The van der Waals surface area contributed by atoms with Crippen molar-refractivity contribution in [1.82, 2.24) is 24.5 Å². The van der Waals surface area contributed by atoms with Crippen LogP contribution in [0.1, 0.15) is 5.69 Å². The minimum Gasteiger partial charge on any atom is -0.370 e. The van der Waals surface area contributed by atoms with Crippen molar-refractivity contribution in [2.75, 3.05) is 30.0 Å². The summed E-state index contributed by atoms with van der Waals surface area (Å²) >= 11 is 1.56. The standard InChI is InChI=1S/C30H27N7O3S/c38-28(31-23-11-13-26(14-12-23)36-15-16-40-20-29(36)39)19-35-17-24(33-34-35)21-41-30-32-27(22-7-3-1-4-8-22)18-37(30)25-9-5-2-6-10-25/h1-14,17-18H,15-16,19-21H2,(H,31,38). The van der Waals surface area contributed by atoms with Gasteiger partial charge in [-0.1, -0.05) is 65.5 Å². The van der Waals surface area contributed by atoms with Crippen molar-refractivity contribution < 1.29 is 14.3 Å². The smallest absolute Gasteiger partial charge is 0.253 e. The van der Waals surface area contributed by atoms with E-state index in [2.05, 4.69) is 20.2 Å². The lowest BCUT2D eigenvalue weighted by Gasteiger charge is -2.26. The summed E-state index contributed by atoms with van der Waals surface area (Å²) in [7, 11) is 0. The Morgan fingerprint density at radius 3 is 2.44 bits per heavy atom. The molecule has 0 atom stereocenters. The van der Waals surface area contributed by atoms with Crippen LogP contribution in [0.4, 0.5) is 11.4 Å². The van der Waals surface area contributed by atoms with Crippen LogP contribution in [0.15, 0.2) is 102 Å². The number of benzene rings is 3. The van der Waals surface area contributed by atoms with Crippen molar-refractivity contribution in [2.45, 2.75) is 17.5 Å². The zero-order valence-corrected chi connectivity index (χ0v) is 22.9. The third kappa shape index (κ3) is 6.37. The van der Waals surface area contributed by atoms with E-state index in [1.165, 1.54) is 4.68 Å². The predicted molar refractivity (Wildman–Crippen MR) is 157 cm³/mol. The average Bonchev–Trinajstić information content (AvgIpc) is 3.65. The van der Waals surface area contributed by atoms with Crippen molar-refractivity contribution >= 4 is 35.0 Å². The number of nitrogens with one attached hydrogen (secondary N) is 1. The monoisotopic (exact) mass is 565 g/mol. The largest absolute Gasteiger partial charge is 0.370 e. The van der Waals surface area contributed by atoms with Crippen molar-refractivity contribution in [3.05, 3.63) is 103 Å². The number of morpholine rings is 1. The van der Waals surface area contributed by atoms with Crippen molar-refractivity contribution in [3.63, 3.8) is 0 Å². The molecule has 3 aromatic carbocycles. The maximum absolute atomic E-state index is 12.6. The molecule has 0 aliphatic carbocycles. The van der Waals surface area contributed by atoms with Crippen LogP contribution >= 0.6 is 11.8 Å². The quantitative estimate of drug-likeness (QED) is 0.264. The van der Waals surface area contributed by atoms with E-state index >= 15 is 0 Å². The third-order valence-corrected chi connectivity index (χ3v) is 7.45. The third-order valence-electron chi connectivity index (χ3n) is 6.47. The minimum absolute atomic E-state index is 0.0260. The summed E-state index contributed by atoms with van der Waals surface area (Å²) in [4.78, 5) is 31.3. The first-order valence-corrected chi connectivity index (χ1v) is 14.1. The van der Waals surface area contributed by atoms with Gasteiger partial charge in [0.25, 0.3) is 5.91 Å². The second kappa shape index (κ2) is 12.2. The number of hydrogen-bond donors (Lipinski definition) is 1. The van der Waals surface area contributed by atoms with Gasteiger partial charge in [-0.2, -0.15) is 0 Å². The fourth-order valence-electron chi connectivity index (χ4n) is 4.47. The zero-order chi connectivity index (χ0) is 28.0. The van der Waals surface area contributed by atoms with Crippen LogP contribution in [0.5, 0.6) is 0 Å². The second-order valence-electron chi connectivity index (χ2n) is 9.37. The lowest BCUT2D eigenvalue weighted by atomic mass is 10.2. The van der Waals surface area contributed by atoms with Gasteiger partial charge in [0.2, 0.25) is 5.91 Å². The number of thioether (sulfide) groups is 1. The highest BCUT2D eigenvalue weighted by atomic mass is 32.2. The number of para-hydroxylation sites is 1. The number of ether oxygens (including phenoxy) is 1. The molecule has 0 radical (unpaired) electrons. The van der Waals surface area contributed by atoms with E-state index in [1.54, 1.807) is 35.0 Å². The maximum Gasteiger partial charge on any atom is 0.253 e. The topological polar surface area (TPSA) is 107 Å². The number of nitrogens with zero attached hydrogens (tertiary/aromatic N) is 6. The number of carbonyl (C=O) groups is 2. The SMILES string of the molecule is O=C(Cn1cc(CSc2nc(-c3ccccc3)cn2-c2ccccc2)nn1)Nc1ccc(N2CCOCC2=O)cc1. The Balaban J connectivity index is 1.08. The molecule has 1 aliphatic rings. The average molecular weight is 566 g/mol. The molecular weight excluding hydrogens is 538 g/mol. The molecule has 2 aromatic heterocycles. The van der Waals surface area contributed by atoms with E-state index in [4.69, 9.17) is 9.72 Å². The molecule has 0 bridgehead atoms. The van der Waals surface area contributed by atoms with Gasteiger partial charge in [-0.25, -0.2) is 9.67 Å². The van der Waals surface area contributed by atoms with Crippen LogP contribution in [-0.4, -0.2) is 56.1 Å². The predicted octanol–water partition coefficient (Wildman–Crippen LogP) is 4.43. The van der Waals surface area contributed by atoms with Gasteiger partial charge >= 0.3 is 0 Å². The molecule has 3 heterocycles. The second-order valence-corrected chi connectivity index (χ2v) is 10.3. The molecule has 2 amide bonds. The summed E-state index contributed by atoms with van der Waals surface area (Å²) in [5.74, 6) is 0.242. The van der Waals surface area contributed by atoms with E-state index in [0.29, 0.717) is 24.6 Å². The molecule has 206 valence electrons. The maximum atomic E-state index is 12.6. The molecule has 41 heavy (non-hydrogen) atoms. The van der Waals surface area contributed by atoms with E-state index in [1.807, 2.05) is 79.0 Å². The van der Waals surface area contributed by atoms with Gasteiger partial charge in [-0.15, -0.1) is 5.10 Å². The normalized spacial score (nSPS) is 13.4. The van der Waals surface area contributed by atoms with Crippen LogP contribution in [0.2, 0.25) is 0 Å². The molecule has 6 rings (SSSR count). The number of anilines is 2. The van der Waals surface area contributed by atoms with E-state index in [9.17, 15) is 9.59 Å². The van der Waals surface area contributed by atoms with E-state index < -0.39 is 0 Å². The van der Waals surface area contributed by atoms with Crippen LogP contribution in [-0.2, 0) is 26.6 Å². The Bertz CT molecular complexity index is 1640. The van der Waals surface area contributed by atoms with Gasteiger partial charge in [-0.3, -0.25) is 14.2 Å². The molecule has 0 spiro atoms. The van der Waals surface area contributed by atoms with Gasteiger partial charge in [0, 0.05) is 47.3 Å². The van der Waals surface area contributed by atoms with Crippen molar-refractivity contribution in [1.29, 1.82) is 0 Å². The molecule has 0 saturated carbocycles. The van der Waals surface area contributed by atoms with Gasteiger partial charge in [0.15, 0.2) is 5.16 Å². The summed E-state index contributed by atoms with van der Waals surface area (Å²) in [6, 6.07) is 27.3. The van der Waals surface area contributed by atoms with E-state index in [0.717, 1.165) is 33.5 Å². The Kier molecular flexibility index (Phi) is 7.88. The molecular formula is C30H27N7O3S. The molecule has 1 N–H and O–H groups in total. The lowest BCUT2D eigenvalue weighted by Crippen LogP contribution is -2.41. The molecule has 1 fully saturated rings. The fourth-order valence-corrected chi connectivity index (χ4v) is 5.34. The summed E-state index contributed by atoms with van der Waals surface area (Å²) in [6.45, 7) is 1.13.